The molecule has 1 aromatic heterocycles. The molecule has 3 aromatic rings. The maximum Gasteiger partial charge on any atom is 0.416 e. The molecule has 4 rings (SSSR count). The molecule has 0 amide bonds. The maximum atomic E-state index is 15.1. The Morgan fingerprint density at radius 3 is 2.67 bits per heavy atom. The summed E-state index contributed by atoms with van der Waals surface area (Å²) in [5.74, 6) is -1.51. The molecular formula is C27H27ClF4N4O5S. The van der Waals surface area contributed by atoms with E-state index < -0.39 is 44.6 Å². The van der Waals surface area contributed by atoms with E-state index in [0.29, 0.717) is 37.8 Å². The van der Waals surface area contributed by atoms with Crippen molar-refractivity contribution >= 4 is 33.9 Å². The zero-order valence-corrected chi connectivity index (χ0v) is 23.8. The van der Waals surface area contributed by atoms with E-state index >= 15 is 4.39 Å². The SMILES string of the molecule is CN(CCOC=O)[C@H]1C[C@@H](c2cccc(C(F)(F)F)c2)CC[C@@H]1Oc1cc(F)c(S(=O)(=O)Nc2ccncn2)cc1Cl. The van der Waals surface area contributed by atoms with E-state index in [9.17, 15) is 26.4 Å². The molecule has 0 unspecified atom stereocenters. The van der Waals surface area contributed by atoms with Crippen molar-refractivity contribution in [2.45, 2.75) is 48.4 Å². The highest BCUT2D eigenvalue weighted by molar-refractivity contribution is 7.92. The highest BCUT2D eigenvalue weighted by atomic mass is 35.5. The predicted molar refractivity (Wildman–Crippen MR) is 145 cm³/mol. The lowest BCUT2D eigenvalue weighted by Gasteiger charge is -2.41. The number of likely N-dealkylation sites (N-methyl/N-ethyl adjacent to an activating group) is 1. The van der Waals surface area contributed by atoms with Crippen molar-refractivity contribution in [2.24, 2.45) is 0 Å². The topological polar surface area (TPSA) is 111 Å². The van der Waals surface area contributed by atoms with Gasteiger partial charge in [-0.25, -0.2) is 22.8 Å². The minimum absolute atomic E-state index is 0.0668. The molecule has 0 radical (unpaired) electrons. The number of benzene rings is 2. The molecule has 1 heterocycles. The molecule has 1 saturated carbocycles. The van der Waals surface area contributed by atoms with Gasteiger partial charge in [0.05, 0.1) is 10.6 Å². The van der Waals surface area contributed by atoms with Gasteiger partial charge in [0, 0.05) is 24.8 Å². The van der Waals surface area contributed by atoms with Crippen LogP contribution in [0.25, 0.3) is 0 Å². The van der Waals surface area contributed by atoms with Gasteiger partial charge in [-0.2, -0.15) is 13.2 Å². The van der Waals surface area contributed by atoms with Crippen LogP contribution >= 0.6 is 11.6 Å². The second-order valence-electron chi connectivity index (χ2n) is 9.72. The molecular weight excluding hydrogens is 604 g/mol. The Labute approximate surface area is 244 Å². The average molecular weight is 631 g/mol. The Balaban J connectivity index is 1.57. The first-order valence-electron chi connectivity index (χ1n) is 12.8. The Bertz CT molecular complexity index is 1500. The van der Waals surface area contributed by atoms with Crippen molar-refractivity contribution in [2.75, 3.05) is 24.9 Å². The molecule has 0 bridgehead atoms. The highest BCUT2D eigenvalue weighted by Gasteiger charge is 2.37. The van der Waals surface area contributed by atoms with Gasteiger partial charge < -0.3 is 9.47 Å². The second-order valence-corrected chi connectivity index (χ2v) is 11.8. The van der Waals surface area contributed by atoms with Crippen molar-refractivity contribution in [1.29, 1.82) is 0 Å². The fourth-order valence-corrected chi connectivity index (χ4v) is 6.28. The number of aromatic nitrogens is 2. The summed E-state index contributed by atoms with van der Waals surface area (Å²) >= 11 is 6.36. The fraction of sp³-hybridized carbons (Fsp3) is 0.370. The predicted octanol–water partition coefficient (Wildman–Crippen LogP) is 5.28. The molecule has 0 saturated heterocycles. The molecule has 9 nitrogen and oxygen atoms in total. The molecule has 42 heavy (non-hydrogen) atoms. The summed E-state index contributed by atoms with van der Waals surface area (Å²) in [6.07, 6.45) is -1.41. The maximum absolute atomic E-state index is 15.1. The average Bonchev–Trinajstić information content (AvgIpc) is 2.95. The van der Waals surface area contributed by atoms with Crippen molar-refractivity contribution in [3.8, 4) is 5.75 Å². The number of carbonyl (C=O) groups is 1. The number of hydrogen-bond donors (Lipinski definition) is 1. The third-order valence-electron chi connectivity index (χ3n) is 7.01. The molecule has 1 fully saturated rings. The lowest BCUT2D eigenvalue weighted by Crippen LogP contribution is -2.48. The largest absolute Gasteiger partial charge is 0.487 e. The summed E-state index contributed by atoms with van der Waals surface area (Å²) in [7, 11) is -2.64. The van der Waals surface area contributed by atoms with Crippen LogP contribution in [0.2, 0.25) is 5.02 Å². The quantitative estimate of drug-likeness (QED) is 0.173. The molecule has 226 valence electrons. The van der Waals surface area contributed by atoms with Gasteiger partial charge >= 0.3 is 6.18 Å². The van der Waals surface area contributed by atoms with Crippen molar-refractivity contribution in [1.82, 2.24) is 14.9 Å². The second kappa shape index (κ2) is 13.2. The van der Waals surface area contributed by atoms with Gasteiger partial charge in [0.25, 0.3) is 16.5 Å². The number of halogens is 5. The van der Waals surface area contributed by atoms with Gasteiger partial charge in [-0.3, -0.25) is 14.4 Å². The van der Waals surface area contributed by atoms with Crippen LogP contribution in [-0.2, 0) is 25.7 Å². The fourth-order valence-electron chi connectivity index (χ4n) is 4.92. The third kappa shape index (κ3) is 7.66. The van der Waals surface area contributed by atoms with Crippen LogP contribution in [0.1, 0.15) is 36.3 Å². The zero-order valence-electron chi connectivity index (χ0n) is 22.2. The van der Waals surface area contributed by atoms with Crippen LogP contribution in [0.5, 0.6) is 5.75 Å². The van der Waals surface area contributed by atoms with Crippen molar-refractivity contribution < 1.29 is 40.2 Å². The molecule has 1 aliphatic rings. The lowest BCUT2D eigenvalue weighted by molar-refractivity contribution is -0.137. The van der Waals surface area contributed by atoms with Crippen LogP contribution < -0.4 is 9.46 Å². The summed E-state index contributed by atoms with van der Waals surface area (Å²) in [5, 5.41) is -0.162. The van der Waals surface area contributed by atoms with Gasteiger partial charge in [-0.1, -0.05) is 29.8 Å². The van der Waals surface area contributed by atoms with E-state index in [1.54, 1.807) is 13.1 Å². The smallest absolute Gasteiger partial charge is 0.416 e. The normalized spacial score (nSPS) is 19.4. The molecule has 1 aliphatic carbocycles. The van der Waals surface area contributed by atoms with Crippen LogP contribution in [0.4, 0.5) is 23.4 Å². The van der Waals surface area contributed by atoms with E-state index in [2.05, 4.69) is 14.7 Å². The standard InChI is InChI=1S/C27H27ClF4N4O5S/c1-36(9-10-40-16-37)22-12-18(17-3-2-4-19(11-17)27(30,31)32)5-6-23(22)41-24-14-21(29)25(13-20(24)28)42(38,39)35-26-7-8-33-15-34-26/h2-4,7-8,11,13-16,18,22-23H,5-6,9-10,12H2,1H3,(H,33,34,35)/t18-,22-,23-/m0/s1. The lowest BCUT2D eigenvalue weighted by atomic mass is 9.79. The molecule has 0 spiro atoms. The summed E-state index contributed by atoms with van der Waals surface area (Å²) in [6, 6.07) is 7.88. The van der Waals surface area contributed by atoms with Crippen LogP contribution in [0, 0.1) is 5.82 Å². The first-order valence-corrected chi connectivity index (χ1v) is 14.6. The first-order chi connectivity index (χ1) is 19.9. The third-order valence-corrected chi connectivity index (χ3v) is 8.68. The van der Waals surface area contributed by atoms with Crippen molar-refractivity contribution in [3.05, 3.63) is 77.0 Å². The van der Waals surface area contributed by atoms with E-state index in [1.165, 1.54) is 18.3 Å². The number of sulfonamides is 1. The van der Waals surface area contributed by atoms with Gasteiger partial charge in [0.2, 0.25) is 0 Å². The molecule has 3 atom stereocenters. The van der Waals surface area contributed by atoms with E-state index in [0.717, 1.165) is 30.6 Å². The van der Waals surface area contributed by atoms with Crippen LogP contribution in [0.3, 0.4) is 0 Å². The number of hydrogen-bond acceptors (Lipinski definition) is 8. The van der Waals surface area contributed by atoms with E-state index in [1.807, 2.05) is 4.90 Å². The Kier molecular flexibility index (Phi) is 9.89. The van der Waals surface area contributed by atoms with Gasteiger partial charge in [0.15, 0.2) is 0 Å². The number of nitrogens with zero attached hydrogens (tertiary/aromatic N) is 3. The Morgan fingerprint density at radius 2 is 1.98 bits per heavy atom. The zero-order chi connectivity index (χ0) is 30.5. The summed E-state index contributed by atoms with van der Waals surface area (Å²) in [4.78, 5) is 19.2. The number of anilines is 1. The molecule has 0 aliphatic heterocycles. The summed E-state index contributed by atoms with van der Waals surface area (Å²) < 4.78 is 93.8. The number of nitrogens with one attached hydrogen (secondary N) is 1. The van der Waals surface area contributed by atoms with Crippen LogP contribution in [-0.4, -0.2) is 62.1 Å². The van der Waals surface area contributed by atoms with Gasteiger partial charge in [0.1, 0.15) is 41.3 Å². The van der Waals surface area contributed by atoms with E-state index in [-0.39, 0.29) is 29.1 Å². The molecule has 15 heteroatoms. The molecule has 1 N–H and O–H groups in total. The number of rotatable bonds is 11. The number of alkyl halides is 3. The summed E-state index contributed by atoms with van der Waals surface area (Å²) in [6.45, 7) is 0.678. The minimum atomic E-state index is -4.48. The highest BCUT2D eigenvalue weighted by Crippen LogP contribution is 2.40. The Hall–Kier alpha value is -3.49. The summed E-state index contributed by atoms with van der Waals surface area (Å²) in [5.41, 5.74) is -0.213. The van der Waals surface area contributed by atoms with Crippen LogP contribution in [0.15, 0.2) is 59.9 Å². The number of carbonyl (C=O) groups excluding carboxylic acids is 1. The minimum Gasteiger partial charge on any atom is -0.487 e. The first kappa shape index (κ1) is 31.4. The van der Waals surface area contributed by atoms with E-state index in [4.69, 9.17) is 21.1 Å². The van der Waals surface area contributed by atoms with Gasteiger partial charge in [-0.05, 0) is 56.0 Å². The van der Waals surface area contributed by atoms with Gasteiger partial charge in [-0.15, -0.1) is 0 Å². The number of ether oxygens (including phenoxy) is 2. The Morgan fingerprint density at radius 1 is 1.19 bits per heavy atom. The molecule has 2 aromatic carbocycles. The van der Waals surface area contributed by atoms with Crippen molar-refractivity contribution in [3.63, 3.8) is 0 Å². The monoisotopic (exact) mass is 630 g/mol.